The molecule has 2 amide bonds. The topological polar surface area (TPSA) is 86.8 Å². The molecule has 4 rings (SSSR count). The Hall–Kier alpha value is -4.21. The number of sulfonamides is 1. The van der Waals surface area contributed by atoms with Gasteiger partial charge in [-0.2, -0.15) is 0 Å². The third kappa shape index (κ3) is 7.11. The minimum Gasteiger partial charge on any atom is -0.357 e. The lowest BCUT2D eigenvalue weighted by molar-refractivity contribution is -0.139. The molecule has 212 valence electrons. The number of rotatable bonds is 11. The van der Waals surface area contributed by atoms with Gasteiger partial charge in [-0.25, -0.2) is 12.8 Å². The number of carbonyl (C=O) groups is 2. The van der Waals surface area contributed by atoms with Crippen LogP contribution >= 0.6 is 11.6 Å². The Kier molecular flexibility index (Phi) is 9.75. The van der Waals surface area contributed by atoms with Crippen LogP contribution in [-0.4, -0.2) is 44.8 Å². The first-order chi connectivity index (χ1) is 19.7. The molecule has 0 aromatic heterocycles. The zero-order valence-corrected chi connectivity index (χ0v) is 23.9. The lowest BCUT2D eigenvalue weighted by Gasteiger charge is -2.33. The molecule has 1 N–H and O–H groups in total. The molecule has 7 nitrogen and oxygen atoms in total. The summed E-state index contributed by atoms with van der Waals surface area (Å²) in [6.45, 7) is -0.949. The first-order valence-corrected chi connectivity index (χ1v) is 14.6. The molecular weight excluding hydrogens is 565 g/mol. The van der Waals surface area contributed by atoms with E-state index < -0.39 is 40.2 Å². The number of hydrogen-bond acceptors (Lipinski definition) is 4. The molecule has 4 aromatic carbocycles. The minimum atomic E-state index is -4.27. The van der Waals surface area contributed by atoms with Gasteiger partial charge >= 0.3 is 0 Å². The largest absolute Gasteiger partial charge is 0.357 e. The number of amides is 2. The number of hydrogen-bond donors (Lipinski definition) is 1. The van der Waals surface area contributed by atoms with E-state index in [1.54, 1.807) is 36.4 Å². The van der Waals surface area contributed by atoms with Crippen LogP contribution in [0.1, 0.15) is 11.1 Å². The van der Waals surface area contributed by atoms with E-state index in [1.165, 1.54) is 54.4 Å². The predicted molar refractivity (Wildman–Crippen MR) is 157 cm³/mol. The standard InChI is InChI=1S/C31H29ClFN3O4S/c1-34-31(38)29(20-23-12-4-2-5-13-23)35(21-24-14-8-10-18-27(24)33)30(37)22-36(28-19-11-9-17-26(28)32)41(39,40)25-15-6-3-7-16-25/h2-19,29H,20-22H2,1H3,(H,34,38)/t29-/m0/s1. The lowest BCUT2D eigenvalue weighted by atomic mass is 10.0. The maximum Gasteiger partial charge on any atom is 0.264 e. The van der Waals surface area contributed by atoms with E-state index in [9.17, 15) is 22.4 Å². The molecule has 0 saturated heterocycles. The van der Waals surface area contributed by atoms with Gasteiger partial charge in [-0.3, -0.25) is 13.9 Å². The summed E-state index contributed by atoms with van der Waals surface area (Å²) in [6, 6.07) is 27.9. The SMILES string of the molecule is CNC(=O)[C@H](Cc1ccccc1)N(Cc1ccccc1F)C(=O)CN(c1ccccc1Cl)S(=O)(=O)c1ccccc1. The van der Waals surface area contributed by atoms with Crippen molar-refractivity contribution >= 4 is 39.1 Å². The van der Waals surface area contributed by atoms with Crippen LogP contribution in [0.4, 0.5) is 10.1 Å². The van der Waals surface area contributed by atoms with Crippen LogP contribution in [0.5, 0.6) is 0 Å². The third-order valence-electron chi connectivity index (χ3n) is 6.55. The average Bonchev–Trinajstić information content (AvgIpc) is 2.99. The summed E-state index contributed by atoms with van der Waals surface area (Å²) < 4.78 is 43.5. The Morgan fingerprint density at radius 3 is 2.07 bits per heavy atom. The number of benzene rings is 4. The smallest absolute Gasteiger partial charge is 0.264 e. The second kappa shape index (κ2) is 13.4. The zero-order valence-electron chi connectivity index (χ0n) is 22.3. The normalized spacial score (nSPS) is 11.9. The van der Waals surface area contributed by atoms with Crippen LogP contribution in [0.2, 0.25) is 5.02 Å². The molecule has 41 heavy (non-hydrogen) atoms. The number of carbonyl (C=O) groups excluding carboxylic acids is 2. The summed E-state index contributed by atoms with van der Waals surface area (Å²) in [5, 5.41) is 2.71. The molecule has 4 aromatic rings. The fourth-order valence-electron chi connectivity index (χ4n) is 4.42. The maximum atomic E-state index is 14.8. The number of nitrogens with one attached hydrogen (secondary N) is 1. The molecule has 0 fully saturated rings. The second-order valence-corrected chi connectivity index (χ2v) is 11.5. The number of likely N-dealkylation sites (N-methyl/N-ethyl adjacent to an activating group) is 1. The molecule has 0 aliphatic carbocycles. The van der Waals surface area contributed by atoms with Crippen LogP contribution in [0.25, 0.3) is 0 Å². The molecule has 0 aliphatic rings. The van der Waals surface area contributed by atoms with Crippen molar-refractivity contribution in [3.05, 3.63) is 131 Å². The van der Waals surface area contributed by atoms with Crippen LogP contribution in [-0.2, 0) is 32.6 Å². The highest BCUT2D eigenvalue weighted by Crippen LogP contribution is 2.31. The van der Waals surface area contributed by atoms with Crippen LogP contribution < -0.4 is 9.62 Å². The van der Waals surface area contributed by atoms with Crippen molar-refractivity contribution in [1.29, 1.82) is 0 Å². The first-order valence-electron chi connectivity index (χ1n) is 12.8. The quantitative estimate of drug-likeness (QED) is 0.263. The highest BCUT2D eigenvalue weighted by Gasteiger charge is 2.35. The molecule has 0 unspecified atom stereocenters. The van der Waals surface area contributed by atoms with Gasteiger partial charge in [0, 0.05) is 25.6 Å². The van der Waals surface area contributed by atoms with Gasteiger partial charge in [0.05, 0.1) is 15.6 Å². The Labute approximate surface area is 244 Å². The van der Waals surface area contributed by atoms with E-state index in [0.29, 0.717) is 0 Å². The highest BCUT2D eigenvalue weighted by molar-refractivity contribution is 7.92. The molecular formula is C31H29ClFN3O4S. The maximum absolute atomic E-state index is 14.8. The summed E-state index contributed by atoms with van der Waals surface area (Å²) in [5.41, 5.74) is 1.04. The van der Waals surface area contributed by atoms with E-state index in [2.05, 4.69) is 5.32 Å². The molecule has 0 radical (unpaired) electrons. The van der Waals surface area contributed by atoms with Crippen molar-refractivity contribution in [3.8, 4) is 0 Å². The Bertz CT molecular complexity index is 1600. The fraction of sp³-hybridized carbons (Fsp3) is 0.161. The fourth-order valence-corrected chi connectivity index (χ4v) is 6.16. The predicted octanol–water partition coefficient (Wildman–Crippen LogP) is 5.06. The molecule has 1 atom stereocenters. The number of para-hydroxylation sites is 1. The molecule has 0 spiro atoms. The molecule has 0 bridgehead atoms. The third-order valence-corrected chi connectivity index (χ3v) is 8.64. The van der Waals surface area contributed by atoms with Crippen molar-refractivity contribution in [2.75, 3.05) is 17.9 Å². The van der Waals surface area contributed by atoms with Gasteiger partial charge in [-0.05, 0) is 35.9 Å². The summed E-state index contributed by atoms with van der Waals surface area (Å²) >= 11 is 6.42. The van der Waals surface area contributed by atoms with Gasteiger partial charge in [0.1, 0.15) is 18.4 Å². The second-order valence-electron chi connectivity index (χ2n) is 9.21. The van der Waals surface area contributed by atoms with Crippen LogP contribution in [0.15, 0.2) is 114 Å². The van der Waals surface area contributed by atoms with Crippen molar-refractivity contribution in [2.24, 2.45) is 0 Å². The van der Waals surface area contributed by atoms with Crippen molar-refractivity contribution in [1.82, 2.24) is 10.2 Å². The molecule has 0 saturated carbocycles. The minimum absolute atomic E-state index is 0.0412. The number of nitrogens with zero attached hydrogens (tertiary/aromatic N) is 2. The Morgan fingerprint density at radius 2 is 1.44 bits per heavy atom. The van der Waals surface area contributed by atoms with Gasteiger partial charge in [-0.1, -0.05) is 90.5 Å². The number of halogens is 2. The summed E-state index contributed by atoms with van der Waals surface area (Å²) in [4.78, 5) is 28.5. The first kappa shape index (κ1) is 29.8. The van der Waals surface area contributed by atoms with Crippen LogP contribution in [0.3, 0.4) is 0 Å². The number of anilines is 1. The summed E-state index contributed by atoms with van der Waals surface area (Å²) in [6.07, 6.45) is 0.123. The van der Waals surface area contributed by atoms with E-state index in [4.69, 9.17) is 11.6 Å². The molecule has 0 heterocycles. The van der Waals surface area contributed by atoms with Gasteiger partial charge in [0.2, 0.25) is 11.8 Å². The Morgan fingerprint density at radius 1 is 0.854 bits per heavy atom. The van der Waals surface area contributed by atoms with E-state index >= 15 is 0 Å². The van der Waals surface area contributed by atoms with Gasteiger partial charge in [0.25, 0.3) is 10.0 Å². The van der Waals surface area contributed by atoms with Crippen molar-refractivity contribution in [2.45, 2.75) is 23.9 Å². The van der Waals surface area contributed by atoms with Crippen molar-refractivity contribution in [3.63, 3.8) is 0 Å². The van der Waals surface area contributed by atoms with E-state index in [-0.39, 0.29) is 34.1 Å². The molecule has 0 aliphatic heterocycles. The molecule has 10 heteroatoms. The summed E-state index contributed by atoms with van der Waals surface area (Å²) in [5.74, 6) is -1.74. The van der Waals surface area contributed by atoms with Gasteiger partial charge < -0.3 is 10.2 Å². The average molecular weight is 594 g/mol. The highest BCUT2D eigenvalue weighted by atomic mass is 35.5. The lowest BCUT2D eigenvalue weighted by Crippen LogP contribution is -2.53. The van der Waals surface area contributed by atoms with Crippen molar-refractivity contribution < 1.29 is 22.4 Å². The van der Waals surface area contributed by atoms with Gasteiger partial charge in [-0.15, -0.1) is 0 Å². The van der Waals surface area contributed by atoms with E-state index in [0.717, 1.165) is 9.87 Å². The zero-order chi connectivity index (χ0) is 29.4. The Balaban J connectivity index is 1.80. The monoisotopic (exact) mass is 593 g/mol. The summed E-state index contributed by atoms with van der Waals surface area (Å²) in [7, 11) is -2.82. The van der Waals surface area contributed by atoms with Crippen LogP contribution in [0, 0.1) is 5.82 Å². The van der Waals surface area contributed by atoms with E-state index in [1.807, 2.05) is 30.3 Å². The van der Waals surface area contributed by atoms with Gasteiger partial charge in [0.15, 0.2) is 0 Å².